The summed E-state index contributed by atoms with van der Waals surface area (Å²) in [7, 11) is 2.03. The molecule has 0 aromatic heterocycles. The third-order valence-electron chi connectivity index (χ3n) is 3.64. The van der Waals surface area contributed by atoms with Crippen molar-refractivity contribution >= 4 is 11.6 Å². The highest BCUT2D eigenvalue weighted by Crippen LogP contribution is 2.29. The molecule has 106 valence electrons. The topological polar surface area (TPSA) is 32.7 Å². The first-order valence-electron chi connectivity index (χ1n) is 6.87. The number of hydrogen-bond acceptors (Lipinski definition) is 3. The molecular formula is C15H22ClNO2. The molecule has 0 unspecified atom stereocenters. The van der Waals surface area contributed by atoms with Crippen LogP contribution < -0.4 is 4.74 Å². The first-order chi connectivity index (χ1) is 9.07. The predicted octanol–water partition coefficient (Wildman–Crippen LogP) is 2.96. The number of ether oxygens (including phenoxy) is 1. The Morgan fingerprint density at radius 2 is 2.11 bits per heavy atom. The summed E-state index contributed by atoms with van der Waals surface area (Å²) in [5.74, 6) is 0.792. The van der Waals surface area contributed by atoms with Crippen LogP contribution in [-0.2, 0) is 0 Å². The van der Waals surface area contributed by atoms with E-state index in [1.807, 2.05) is 31.3 Å². The van der Waals surface area contributed by atoms with Crippen molar-refractivity contribution in [3.8, 4) is 5.75 Å². The Balaban J connectivity index is 1.70. The molecule has 0 heterocycles. The van der Waals surface area contributed by atoms with Crippen LogP contribution in [0.4, 0.5) is 0 Å². The van der Waals surface area contributed by atoms with Crippen LogP contribution in [0, 0.1) is 0 Å². The van der Waals surface area contributed by atoms with Crippen LogP contribution in [0.5, 0.6) is 5.75 Å². The molecule has 0 atom stereocenters. The van der Waals surface area contributed by atoms with E-state index in [-0.39, 0.29) is 0 Å². The minimum Gasteiger partial charge on any atom is -0.492 e. The summed E-state index contributed by atoms with van der Waals surface area (Å²) in [6.45, 7) is 2.13. The van der Waals surface area contributed by atoms with Crippen LogP contribution in [0.3, 0.4) is 0 Å². The molecule has 1 aromatic carbocycles. The molecule has 0 aliphatic heterocycles. The van der Waals surface area contributed by atoms with Gasteiger partial charge in [-0.2, -0.15) is 0 Å². The van der Waals surface area contributed by atoms with E-state index >= 15 is 0 Å². The molecule has 0 amide bonds. The van der Waals surface area contributed by atoms with Gasteiger partial charge >= 0.3 is 0 Å². The average molecular weight is 284 g/mol. The molecule has 1 saturated carbocycles. The lowest BCUT2D eigenvalue weighted by Gasteiger charge is -2.28. The van der Waals surface area contributed by atoms with E-state index in [2.05, 4.69) is 4.90 Å². The van der Waals surface area contributed by atoms with Gasteiger partial charge in [0.05, 0.1) is 5.60 Å². The van der Waals surface area contributed by atoms with Crippen LogP contribution in [0.2, 0.25) is 5.02 Å². The fourth-order valence-corrected chi connectivity index (χ4v) is 2.83. The van der Waals surface area contributed by atoms with Crippen LogP contribution >= 0.6 is 11.6 Å². The Labute approximate surface area is 120 Å². The molecule has 0 spiro atoms. The van der Waals surface area contributed by atoms with Gasteiger partial charge in [0.25, 0.3) is 0 Å². The van der Waals surface area contributed by atoms with Gasteiger partial charge in [-0.05, 0) is 38.1 Å². The SMILES string of the molecule is CN(CCOc1cccc(Cl)c1)CC1(O)CCCC1. The maximum Gasteiger partial charge on any atom is 0.120 e. The van der Waals surface area contributed by atoms with Crippen LogP contribution in [-0.4, -0.2) is 42.4 Å². The van der Waals surface area contributed by atoms with Gasteiger partial charge in [-0.3, -0.25) is 0 Å². The van der Waals surface area contributed by atoms with E-state index in [0.29, 0.717) is 11.6 Å². The number of likely N-dealkylation sites (N-methyl/N-ethyl adjacent to an activating group) is 1. The highest BCUT2D eigenvalue weighted by Gasteiger charge is 2.31. The van der Waals surface area contributed by atoms with Crippen LogP contribution in [0.25, 0.3) is 0 Å². The van der Waals surface area contributed by atoms with Crippen molar-refractivity contribution in [2.75, 3.05) is 26.7 Å². The Bertz CT molecular complexity index is 405. The van der Waals surface area contributed by atoms with E-state index in [1.54, 1.807) is 0 Å². The zero-order chi connectivity index (χ0) is 13.7. The molecule has 1 N–H and O–H groups in total. The van der Waals surface area contributed by atoms with Crippen molar-refractivity contribution in [3.63, 3.8) is 0 Å². The van der Waals surface area contributed by atoms with E-state index in [4.69, 9.17) is 16.3 Å². The molecule has 3 nitrogen and oxygen atoms in total. The first kappa shape index (κ1) is 14.6. The van der Waals surface area contributed by atoms with Gasteiger partial charge in [0.1, 0.15) is 12.4 Å². The smallest absolute Gasteiger partial charge is 0.120 e. The fourth-order valence-electron chi connectivity index (χ4n) is 2.65. The van der Waals surface area contributed by atoms with Crippen molar-refractivity contribution in [1.82, 2.24) is 4.90 Å². The second kappa shape index (κ2) is 6.60. The molecule has 1 aromatic rings. The summed E-state index contributed by atoms with van der Waals surface area (Å²) in [5, 5.41) is 11.0. The molecule has 1 fully saturated rings. The summed E-state index contributed by atoms with van der Waals surface area (Å²) in [5.41, 5.74) is -0.481. The van der Waals surface area contributed by atoms with Crippen molar-refractivity contribution in [2.45, 2.75) is 31.3 Å². The molecule has 1 aliphatic carbocycles. The minimum atomic E-state index is -0.481. The number of hydrogen-bond donors (Lipinski definition) is 1. The molecular weight excluding hydrogens is 262 g/mol. The monoisotopic (exact) mass is 283 g/mol. The standard InChI is InChI=1S/C15H22ClNO2/c1-17(12-15(18)7-2-3-8-15)9-10-19-14-6-4-5-13(16)11-14/h4-6,11,18H,2-3,7-10,12H2,1H3. The normalized spacial score (nSPS) is 17.9. The van der Waals surface area contributed by atoms with E-state index in [0.717, 1.165) is 44.5 Å². The third-order valence-corrected chi connectivity index (χ3v) is 3.87. The van der Waals surface area contributed by atoms with E-state index < -0.39 is 5.60 Å². The van der Waals surface area contributed by atoms with E-state index in [1.165, 1.54) is 0 Å². The molecule has 1 aliphatic rings. The lowest BCUT2D eigenvalue weighted by molar-refractivity contribution is 0.0139. The minimum absolute atomic E-state index is 0.481. The van der Waals surface area contributed by atoms with Crippen molar-refractivity contribution in [1.29, 1.82) is 0 Å². The Hall–Kier alpha value is -0.770. The van der Waals surface area contributed by atoms with Crippen LogP contribution in [0.1, 0.15) is 25.7 Å². The number of halogens is 1. The zero-order valence-corrected chi connectivity index (χ0v) is 12.2. The molecule has 0 bridgehead atoms. The molecule has 0 saturated heterocycles. The summed E-state index contributed by atoms with van der Waals surface area (Å²) in [6.07, 6.45) is 4.13. The molecule has 19 heavy (non-hydrogen) atoms. The van der Waals surface area contributed by atoms with Gasteiger partial charge in [-0.1, -0.05) is 30.5 Å². The predicted molar refractivity (Wildman–Crippen MR) is 77.9 cm³/mol. The number of benzene rings is 1. The average Bonchev–Trinajstić information content (AvgIpc) is 2.75. The summed E-state index contributed by atoms with van der Waals surface area (Å²) in [6, 6.07) is 7.42. The number of rotatable bonds is 6. The second-order valence-corrected chi connectivity index (χ2v) is 5.91. The summed E-state index contributed by atoms with van der Waals surface area (Å²) in [4.78, 5) is 2.13. The maximum absolute atomic E-state index is 10.3. The zero-order valence-electron chi connectivity index (χ0n) is 11.4. The maximum atomic E-state index is 10.3. The van der Waals surface area contributed by atoms with Gasteiger partial charge in [-0.15, -0.1) is 0 Å². The molecule has 0 radical (unpaired) electrons. The largest absolute Gasteiger partial charge is 0.492 e. The van der Waals surface area contributed by atoms with Crippen molar-refractivity contribution < 1.29 is 9.84 Å². The third kappa shape index (κ3) is 4.68. The fraction of sp³-hybridized carbons (Fsp3) is 0.600. The van der Waals surface area contributed by atoms with Gasteiger partial charge in [0.15, 0.2) is 0 Å². The highest BCUT2D eigenvalue weighted by molar-refractivity contribution is 6.30. The number of aliphatic hydroxyl groups is 1. The Morgan fingerprint density at radius 1 is 1.37 bits per heavy atom. The van der Waals surface area contributed by atoms with Gasteiger partial charge in [-0.25, -0.2) is 0 Å². The Morgan fingerprint density at radius 3 is 2.79 bits per heavy atom. The van der Waals surface area contributed by atoms with E-state index in [9.17, 15) is 5.11 Å². The first-order valence-corrected chi connectivity index (χ1v) is 7.25. The second-order valence-electron chi connectivity index (χ2n) is 5.48. The lowest BCUT2D eigenvalue weighted by Crippen LogP contribution is -2.40. The Kier molecular flexibility index (Phi) is 5.08. The molecule has 4 heteroatoms. The van der Waals surface area contributed by atoms with Crippen molar-refractivity contribution in [3.05, 3.63) is 29.3 Å². The quantitative estimate of drug-likeness (QED) is 0.871. The summed E-state index contributed by atoms with van der Waals surface area (Å²) >= 11 is 5.89. The highest BCUT2D eigenvalue weighted by atomic mass is 35.5. The lowest BCUT2D eigenvalue weighted by atomic mass is 10.0. The van der Waals surface area contributed by atoms with Gasteiger partial charge in [0.2, 0.25) is 0 Å². The summed E-state index contributed by atoms with van der Waals surface area (Å²) < 4.78 is 5.65. The van der Waals surface area contributed by atoms with Crippen molar-refractivity contribution in [2.24, 2.45) is 0 Å². The van der Waals surface area contributed by atoms with Gasteiger partial charge < -0.3 is 14.7 Å². The number of nitrogens with zero attached hydrogens (tertiary/aromatic N) is 1. The van der Waals surface area contributed by atoms with Gasteiger partial charge in [0, 0.05) is 18.1 Å². The van der Waals surface area contributed by atoms with Crippen LogP contribution in [0.15, 0.2) is 24.3 Å². The molecule has 2 rings (SSSR count).